The molecule has 0 aliphatic carbocycles. The number of carbonyl (C=O) groups excluding carboxylic acids is 1. The van der Waals surface area contributed by atoms with Crippen LogP contribution in [0.3, 0.4) is 0 Å². The van der Waals surface area contributed by atoms with Gasteiger partial charge in [0.1, 0.15) is 0 Å². The molecule has 0 spiro atoms. The van der Waals surface area contributed by atoms with Gasteiger partial charge in [-0.2, -0.15) is 9.57 Å². The highest BCUT2D eigenvalue weighted by Crippen LogP contribution is 1.99. The Labute approximate surface area is 89.9 Å². The minimum Gasteiger partial charge on any atom is -0.355 e. The van der Waals surface area contributed by atoms with Gasteiger partial charge in [-0.05, 0) is 6.92 Å². The number of rotatable bonds is 6. The molecular weight excluding hydrogens is 218 g/mol. The average Bonchev–Trinajstić information content (AvgIpc) is 2.14. The second-order valence-electron chi connectivity index (χ2n) is 2.79. The van der Waals surface area contributed by atoms with Crippen molar-refractivity contribution in [1.29, 1.82) is 5.26 Å². The molecule has 0 saturated carbocycles. The Morgan fingerprint density at radius 2 is 2.07 bits per heavy atom. The van der Waals surface area contributed by atoms with Crippen molar-refractivity contribution in [3.8, 4) is 6.07 Å². The molecule has 0 bridgehead atoms. The van der Waals surface area contributed by atoms with Crippen LogP contribution < -0.4 is 5.32 Å². The zero-order valence-electron chi connectivity index (χ0n) is 8.86. The van der Waals surface area contributed by atoms with Gasteiger partial charge in [0.25, 0.3) is 0 Å². The van der Waals surface area contributed by atoms with Crippen LogP contribution in [0.5, 0.6) is 0 Å². The van der Waals surface area contributed by atoms with Crippen LogP contribution in [-0.4, -0.2) is 44.0 Å². The molecule has 0 aliphatic rings. The van der Waals surface area contributed by atoms with Crippen molar-refractivity contribution in [2.24, 2.45) is 0 Å². The Hall–Kier alpha value is -1.13. The van der Waals surface area contributed by atoms with Crippen LogP contribution in [0.2, 0.25) is 0 Å². The van der Waals surface area contributed by atoms with Gasteiger partial charge in [-0.1, -0.05) is 6.92 Å². The van der Waals surface area contributed by atoms with E-state index in [4.69, 9.17) is 5.26 Å². The first kappa shape index (κ1) is 13.9. The fourth-order valence-electron chi connectivity index (χ4n) is 0.993. The molecule has 1 amide bonds. The lowest BCUT2D eigenvalue weighted by molar-refractivity contribution is -0.121. The molecule has 0 saturated heterocycles. The fraction of sp³-hybridized carbons (Fsp3) is 0.750. The summed E-state index contributed by atoms with van der Waals surface area (Å²) in [7, 11) is -3.62. The molecule has 0 aromatic rings. The lowest BCUT2D eigenvalue weighted by Crippen LogP contribution is -2.41. The lowest BCUT2D eigenvalue weighted by Gasteiger charge is -2.17. The maximum absolute atomic E-state index is 11.4. The summed E-state index contributed by atoms with van der Waals surface area (Å²) in [5.74, 6) is -0.957. The van der Waals surface area contributed by atoms with Gasteiger partial charge in [0.2, 0.25) is 15.9 Å². The number of carbonyl (C=O) groups is 1. The normalized spacial score (nSPS) is 11.1. The van der Waals surface area contributed by atoms with E-state index in [9.17, 15) is 13.2 Å². The molecule has 1 N–H and O–H groups in total. The zero-order chi connectivity index (χ0) is 11.9. The van der Waals surface area contributed by atoms with Gasteiger partial charge in [0.05, 0.1) is 12.6 Å². The molecular formula is C8H15N3O3S. The Kier molecular flexibility index (Phi) is 5.89. The second kappa shape index (κ2) is 6.37. The highest BCUT2D eigenvalue weighted by molar-refractivity contribution is 7.89. The summed E-state index contributed by atoms with van der Waals surface area (Å²) in [5, 5.41) is 10.8. The number of likely N-dealkylation sites (N-methyl/N-ethyl adjacent to an activating group) is 2. The zero-order valence-corrected chi connectivity index (χ0v) is 9.67. The third-order valence-corrected chi connectivity index (χ3v) is 3.35. The van der Waals surface area contributed by atoms with Gasteiger partial charge in [0, 0.05) is 13.1 Å². The van der Waals surface area contributed by atoms with Crippen LogP contribution in [-0.2, 0) is 14.8 Å². The highest BCUT2D eigenvalue weighted by atomic mass is 32.2. The van der Waals surface area contributed by atoms with Crippen molar-refractivity contribution < 1.29 is 13.2 Å². The number of hydrogen-bond acceptors (Lipinski definition) is 4. The number of nitriles is 1. The van der Waals surface area contributed by atoms with Crippen molar-refractivity contribution in [3.63, 3.8) is 0 Å². The van der Waals surface area contributed by atoms with Crippen molar-refractivity contribution in [1.82, 2.24) is 9.62 Å². The Bertz CT molecular complexity index is 345. The van der Waals surface area contributed by atoms with Crippen molar-refractivity contribution in [3.05, 3.63) is 0 Å². The number of nitrogens with one attached hydrogen (secondary N) is 1. The van der Waals surface area contributed by atoms with Crippen LogP contribution in [0.25, 0.3) is 0 Å². The maximum atomic E-state index is 11.4. The van der Waals surface area contributed by atoms with Crippen molar-refractivity contribution in [2.45, 2.75) is 13.8 Å². The predicted octanol–water partition coefficient (Wildman–Crippen LogP) is -0.702. The molecule has 0 fully saturated rings. The molecule has 0 atom stereocenters. The van der Waals surface area contributed by atoms with Gasteiger partial charge in [-0.25, -0.2) is 8.42 Å². The van der Waals surface area contributed by atoms with Crippen molar-refractivity contribution in [2.75, 3.05) is 25.4 Å². The van der Waals surface area contributed by atoms with E-state index in [1.54, 1.807) is 19.9 Å². The van der Waals surface area contributed by atoms with E-state index in [1.807, 2.05) is 0 Å². The van der Waals surface area contributed by atoms with E-state index in [0.29, 0.717) is 6.54 Å². The van der Waals surface area contributed by atoms with Crippen LogP contribution >= 0.6 is 0 Å². The minimum absolute atomic E-state index is 0.182. The number of sulfonamides is 1. The largest absolute Gasteiger partial charge is 0.355 e. The third kappa shape index (κ3) is 4.76. The van der Waals surface area contributed by atoms with Crippen LogP contribution in [0.1, 0.15) is 13.8 Å². The summed E-state index contributed by atoms with van der Waals surface area (Å²) in [6.45, 7) is 3.77. The smallest absolute Gasteiger partial charge is 0.235 e. The Balaban J connectivity index is 4.51. The van der Waals surface area contributed by atoms with Gasteiger partial charge in [-0.15, -0.1) is 0 Å². The molecule has 0 radical (unpaired) electrons. The van der Waals surface area contributed by atoms with Gasteiger partial charge < -0.3 is 5.32 Å². The summed E-state index contributed by atoms with van der Waals surface area (Å²) >= 11 is 0. The summed E-state index contributed by atoms with van der Waals surface area (Å²) < 4.78 is 23.8. The third-order valence-electron chi connectivity index (χ3n) is 1.69. The molecule has 0 unspecified atom stereocenters. The molecule has 6 nitrogen and oxygen atoms in total. The molecule has 7 heteroatoms. The molecule has 0 aliphatic heterocycles. The summed E-state index contributed by atoms with van der Waals surface area (Å²) in [6.07, 6.45) is 0. The quantitative estimate of drug-likeness (QED) is 0.656. The minimum atomic E-state index is -3.62. The van der Waals surface area contributed by atoms with E-state index >= 15 is 0 Å². The topological polar surface area (TPSA) is 90.3 Å². The number of hydrogen-bond donors (Lipinski definition) is 1. The van der Waals surface area contributed by atoms with E-state index in [-0.39, 0.29) is 19.0 Å². The van der Waals surface area contributed by atoms with Crippen LogP contribution in [0, 0.1) is 11.3 Å². The second-order valence-corrected chi connectivity index (χ2v) is 4.76. The first-order valence-corrected chi connectivity index (χ1v) is 6.20. The monoisotopic (exact) mass is 233 g/mol. The SMILES string of the molecule is CCNC(=O)CN(CC)S(=O)(=O)CC#N. The van der Waals surface area contributed by atoms with Gasteiger partial charge in [0.15, 0.2) is 5.75 Å². The molecule has 15 heavy (non-hydrogen) atoms. The summed E-state index contributed by atoms with van der Waals surface area (Å²) in [5.41, 5.74) is 0. The molecule has 86 valence electrons. The molecule has 0 heterocycles. The number of nitrogens with zero attached hydrogens (tertiary/aromatic N) is 2. The first-order valence-electron chi connectivity index (χ1n) is 4.59. The van der Waals surface area contributed by atoms with Crippen molar-refractivity contribution >= 4 is 15.9 Å². The van der Waals surface area contributed by atoms with E-state index in [1.165, 1.54) is 0 Å². The Morgan fingerprint density at radius 3 is 2.47 bits per heavy atom. The lowest BCUT2D eigenvalue weighted by atomic mass is 10.5. The van der Waals surface area contributed by atoms with E-state index in [2.05, 4.69) is 5.32 Å². The molecule has 0 rings (SSSR count). The summed E-state index contributed by atoms with van der Waals surface area (Å²) in [6, 6.07) is 1.57. The van der Waals surface area contributed by atoms with Gasteiger partial charge >= 0.3 is 0 Å². The van der Waals surface area contributed by atoms with E-state index < -0.39 is 15.8 Å². The average molecular weight is 233 g/mol. The first-order chi connectivity index (χ1) is 6.97. The predicted molar refractivity (Wildman–Crippen MR) is 55.3 cm³/mol. The van der Waals surface area contributed by atoms with Crippen LogP contribution in [0.15, 0.2) is 0 Å². The number of amides is 1. The summed E-state index contributed by atoms with van der Waals surface area (Å²) in [4.78, 5) is 11.2. The standard InChI is InChI=1S/C8H15N3O3S/c1-3-10-8(12)7-11(4-2)15(13,14)6-5-9/h3-4,6-7H2,1-2H3,(H,10,12). The highest BCUT2D eigenvalue weighted by Gasteiger charge is 2.22. The van der Waals surface area contributed by atoms with Crippen LogP contribution in [0.4, 0.5) is 0 Å². The van der Waals surface area contributed by atoms with E-state index in [0.717, 1.165) is 4.31 Å². The molecule has 0 aromatic heterocycles. The fourth-order valence-corrected chi connectivity index (χ4v) is 2.05. The molecule has 0 aromatic carbocycles. The Morgan fingerprint density at radius 1 is 1.47 bits per heavy atom. The maximum Gasteiger partial charge on any atom is 0.235 e. The van der Waals surface area contributed by atoms with Gasteiger partial charge in [-0.3, -0.25) is 4.79 Å².